The number of aliphatic hydroxyl groups excluding tert-OH is 1. The zero-order chi connectivity index (χ0) is 23.6. The Morgan fingerprint density at radius 3 is 2.18 bits per heavy atom. The van der Waals surface area contributed by atoms with Crippen LogP contribution in [0.3, 0.4) is 0 Å². The van der Waals surface area contributed by atoms with Crippen molar-refractivity contribution in [2.45, 2.75) is 26.5 Å². The largest absolute Gasteiger partial charge is 1.00 e. The van der Waals surface area contributed by atoms with Crippen molar-refractivity contribution >= 4 is 17.1 Å². The lowest BCUT2D eigenvalue weighted by molar-refractivity contribution is -0.906. The number of phenolic OH excluding ortho intramolecular Hbond substituents is 2. The molecule has 0 aliphatic rings. The third kappa shape index (κ3) is 5.91. The van der Waals surface area contributed by atoms with E-state index in [-0.39, 0.29) is 54.0 Å². The lowest BCUT2D eigenvalue weighted by atomic mass is 10.1. The summed E-state index contributed by atoms with van der Waals surface area (Å²) in [6.45, 7) is 7.78. The van der Waals surface area contributed by atoms with Crippen LogP contribution < -0.4 is 46.3 Å². The molecule has 0 radical (unpaired) electrons. The van der Waals surface area contributed by atoms with E-state index in [0.29, 0.717) is 18.1 Å². The van der Waals surface area contributed by atoms with Crippen molar-refractivity contribution in [1.29, 1.82) is 0 Å². The van der Waals surface area contributed by atoms with Crippen LogP contribution >= 0.6 is 0 Å². The van der Waals surface area contributed by atoms with E-state index in [1.54, 1.807) is 11.6 Å². The number of aliphatic hydroxyl groups is 1. The molecular weight excluding hydrogens is 487 g/mol. The molecule has 0 spiro atoms. The number of hydrogen-bond acceptors (Lipinski definition) is 6. The molecule has 34 heavy (non-hydrogen) atoms. The molecule has 11 nitrogen and oxygen atoms in total. The predicted molar refractivity (Wildman–Crippen MR) is 118 cm³/mol. The van der Waals surface area contributed by atoms with E-state index < -0.39 is 17.4 Å². The molecule has 6 N–H and O–H groups in total. The maximum atomic E-state index is 12.9. The second-order valence-corrected chi connectivity index (χ2v) is 7.96. The molecule has 0 saturated carbocycles. The smallest absolute Gasteiger partial charge is 0.332 e. The predicted octanol–water partition coefficient (Wildman–Crippen LogP) is -8.29. The molecule has 1 unspecified atom stereocenters. The Bertz CT molecular complexity index is 1210. The van der Waals surface area contributed by atoms with Crippen LogP contribution in [0.15, 0.2) is 27.8 Å². The summed E-state index contributed by atoms with van der Waals surface area (Å²) in [4.78, 5) is 31.3. The van der Waals surface area contributed by atoms with Gasteiger partial charge in [0.15, 0.2) is 11.2 Å². The molecule has 0 aliphatic carbocycles. The first-order chi connectivity index (χ1) is 15.2. The van der Waals surface area contributed by atoms with Crippen molar-refractivity contribution in [3.8, 4) is 11.5 Å². The third-order valence-corrected chi connectivity index (χ3v) is 5.87. The molecule has 1 atom stereocenters. The van der Waals surface area contributed by atoms with Crippen molar-refractivity contribution in [3.63, 3.8) is 0 Å². The fourth-order valence-electron chi connectivity index (χ4n) is 3.90. The van der Waals surface area contributed by atoms with Gasteiger partial charge in [-0.25, -0.2) is 4.79 Å². The summed E-state index contributed by atoms with van der Waals surface area (Å²) in [6, 6.07) is 3.87. The fraction of sp³-hybridized carbons (Fsp3) is 0.476. The SMILES string of the molecule is CC[NH+](CC)CC[NH2+]c1nc2c(c(=O)n(C)c(=O)n2C)n1CC(O)c1cc(O)cc(O)c1.[Cl-].[Cl-]. The van der Waals surface area contributed by atoms with E-state index in [0.717, 1.165) is 24.2 Å². The van der Waals surface area contributed by atoms with Crippen LogP contribution in [0.4, 0.5) is 5.95 Å². The Balaban J connectivity index is 0.00000289. The van der Waals surface area contributed by atoms with Gasteiger partial charge in [-0.15, -0.1) is 0 Å². The molecule has 0 bridgehead atoms. The molecule has 0 fully saturated rings. The normalized spacial score (nSPS) is 11.9. The van der Waals surface area contributed by atoms with Crippen molar-refractivity contribution in [2.24, 2.45) is 14.1 Å². The number of aromatic hydroxyl groups is 2. The number of nitrogens with two attached hydrogens (primary N) is 1. The Kier molecular flexibility index (Phi) is 10.6. The van der Waals surface area contributed by atoms with Crippen molar-refractivity contribution in [1.82, 2.24) is 18.7 Å². The van der Waals surface area contributed by atoms with Gasteiger partial charge in [-0.05, 0) is 31.5 Å². The highest BCUT2D eigenvalue weighted by atomic mass is 35.5. The second-order valence-electron chi connectivity index (χ2n) is 7.96. The highest BCUT2D eigenvalue weighted by Gasteiger charge is 2.24. The van der Waals surface area contributed by atoms with Crippen molar-refractivity contribution < 1.29 is 50.4 Å². The van der Waals surface area contributed by atoms with Crippen LogP contribution in [-0.2, 0) is 20.6 Å². The van der Waals surface area contributed by atoms with E-state index in [2.05, 4.69) is 18.8 Å². The number of phenols is 2. The van der Waals surface area contributed by atoms with Gasteiger partial charge in [0, 0.05) is 20.2 Å². The number of fused-ring (bicyclic) bond motifs is 1. The summed E-state index contributed by atoms with van der Waals surface area (Å²) in [5.74, 6) is 0.122. The minimum Gasteiger partial charge on any atom is -1.00 e. The molecule has 1 aromatic carbocycles. The number of nitrogens with one attached hydrogen (secondary N) is 1. The zero-order valence-electron chi connectivity index (χ0n) is 19.6. The van der Waals surface area contributed by atoms with Gasteiger partial charge in [0.1, 0.15) is 24.6 Å². The topological polar surface area (TPSA) is 144 Å². The molecule has 2 heterocycles. The van der Waals surface area contributed by atoms with E-state index in [1.807, 2.05) is 5.32 Å². The molecule has 13 heteroatoms. The number of benzene rings is 1. The summed E-state index contributed by atoms with van der Waals surface area (Å²) < 4.78 is 3.92. The fourth-order valence-corrected chi connectivity index (χ4v) is 3.90. The van der Waals surface area contributed by atoms with Gasteiger partial charge < -0.3 is 45.0 Å². The number of rotatable bonds is 9. The van der Waals surface area contributed by atoms with Gasteiger partial charge in [-0.1, -0.05) is 0 Å². The Hall–Kier alpha value is -2.57. The number of aromatic nitrogens is 4. The standard InChI is InChI=1S/C21H30N6O5.2ClH/c1-5-26(6-2)8-7-22-20-23-18-17(19(31)25(4)21(32)24(18)3)27(20)12-16(30)13-9-14(28)11-15(29)10-13;;/h9-11,16,28-30H,5-8,12H2,1-4H3,(H,22,23);2*1H. The van der Waals surface area contributed by atoms with Crippen LogP contribution in [0.5, 0.6) is 11.5 Å². The van der Waals surface area contributed by atoms with Crippen LogP contribution in [0.25, 0.3) is 11.2 Å². The second kappa shape index (κ2) is 12.2. The molecular formula is C21H32Cl2N6O5. The highest BCUT2D eigenvalue weighted by molar-refractivity contribution is 5.72. The molecule has 190 valence electrons. The molecule has 3 rings (SSSR count). The van der Waals surface area contributed by atoms with Gasteiger partial charge in [0.2, 0.25) is 0 Å². The third-order valence-electron chi connectivity index (χ3n) is 5.87. The monoisotopic (exact) mass is 518 g/mol. The minimum absolute atomic E-state index is 0. The minimum atomic E-state index is -1.13. The summed E-state index contributed by atoms with van der Waals surface area (Å²) in [6.07, 6.45) is -1.13. The van der Waals surface area contributed by atoms with Gasteiger partial charge in [0.05, 0.1) is 25.7 Å². The number of aryl methyl sites for hydroxylation is 1. The maximum absolute atomic E-state index is 12.9. The number of quaternary nitrogens is 2. The first-order valence-electron chi connectivity index (χ1n) is 10.7. The van der Waals surface area contributed by atoms with Crippen molar-refractivity contribution in [2.75, 3.05) is 26.2 Å². The molecule has 2 aromatic heterocycles. The first kappa shape index (κ1) is 29.5. The highest BCUT2D eigenvalue weighted by Crippen LogP contribution is 2.27. The molecule has 0 saturated heterocycles. The number of likely N-dealkylation sites (N-methyl/N-ethyl adjacent to an activating group) is 1. The number of imidazole rings is 1. The van der Waals surface area contributed by atoms with Crippen LogP contribution in [-0.4, -0.2) is 60.2 Å². The van der Waals surface area contributed by atoms with Gasteiger partial charge in [0.25, 0.3) is 5.56 Å². The Morgan fingerprint density at radius 1 is 1.03 bits per heavy atom. The van der Waals surface area contributed by atoms with Crippen LogP contribution in [0, 0.1) is 0 Å². The summed E-state index contributed by atoms with van der Waals surface area (Å²) in [5.41, 5.74) is -0.241. The average Bonchev–Trinajstić information content (AvgIpc) is 3.11. The quantitative estimate of drug-likeness (QED) is 0.190. The molecule has 3 aromatic rings. The van der Waals surface area contributed by atoms with Crippen molar-refractivity contribution in [3.05, 3.63) is 44.6 Å². The van der Waals surface area contributed by atoms with Crippen LogP contribution in [0.2, 0.25) is 0 Å². The van der Waals surface area contributed by atoms with E-state index in [9.17, 15) is 24.9 Å². The van der Waals surface area contributed by atoms with Gasteiger partial charge in [-0.3, -0.25) is 23.8 Å². The van der Waals surface area contributed by atoms with Gasteiger partial charge >= 0.3 is 11.6 Å². The van der Waals surface area contributed by atoms with Crippen LogP contribution in [0.1, 0.15) is 25.5 Å². The Labute approximate surface area is 209 Å². The number of hydrogen-bond donors (Lipinski definition) is 5. The lowest BCUT2D eigenvalue weighted by Crippen LogP contribution is -3.13. The molecule has 0 amide bonds. The zero-order valence-corrected chi connectivity index (χ0v) is 21.1. The summed E-state index contributed by atoms with van der Waals surface area (Å²) in [7, 11) is 2.95. The average molecular weight is 519 g/mol. The summed E-state index contributed by atoms with van der Waals surface area (Å²) >= 11 is 0. The Morgan fingerprint density at radius 2 is 1.62 bits per heavy atom. The maximum Gasteiger partial charge on any atom is 0.332 e. The lowest BCUT2D eigenvalue weighted by Gasteiger charge is -2.16. The van der Waals surface area contributed by atoms with E-state index in [1.165, 1.54) is 34.7 Å². The van der Waals surface area contributed by atoms with Gasteiger partial charge in [-0.2, -0.15) is 4.98 Å². The molecule has 0 aliphatic heterocycles. The number of nitrogens with zero attached hydrogens (tertiary/aromatic N) is 4. The van der Waals surface area contributed by atoms with E-state index >= 15 is 0 Å². The number of halogens is 2. The summed E-state index contributed by atoms with van der Waals surface area (Å²) in [5, 5.41) is 32.3. The first-order valence-corrected chi connectivity index (χ1v) is 10.7. The van der Waals surface area contributed by atoms with E-state index in [4.69, 9.17) is 0 Å².